The third-order valence-electron chi connectivity index (χ3n) is 3.99. The molecule has 3 rings (SSSR count). The first kappa shape index (κ1) is 23.1. The maximum atomic E-state index is 12.3. The van der Waals surface area contributed by atoms with Crippen molar-refractivity contribution in [2.45, 2.75) is 13.8 Å². The fourth-order valence-electron chi connectivity index (χ4n) is 2.69. The molecule has 7 nitrogen and oxygen atoms in total. The molecule has 2 aromatic carbocycles. The van der Waals surface area contributed by atoms with Gasteiger partial charge in [-0.15, -0.1) is 0 Å². The molecule has 0 N–H and O–H groups in total. The van der Waals surface area contributed by atoms with Crippen molar-refractivity contribution in [3.8, 4) is 11.5 Å². The highest BCUT2D eigenvalue weighted by molar-refractivity contribution is 14.1. The molecular weight excluding hydrogens is 537 g/mol. The number of hydrogen-bond acceptors (Lipinski definition) is 7. The molecule has 0 saturated carbocycles. The van der Waals surface area contributed by atoms with Gasteiger partial charge in [-0.05, 0) is 84.5 Å². The molecular formula is C22H19ClINO6. The molecule has 1 aliphatic rings. The lowest BCUT2D eigenvalue weighted by atomic mass is 10.1. The van der Waals surface area contributed by atoms with Crippen LogP contribution in [0.2, 0.25) is 5.02 Å². The van der Waals surface area contributed by atoms with E-state index in [-0.39, 0.29) is 35.6 Å². The van der Waals surface area contributed by atoms with Gasteiger partial charge >= 0.3 is 11.9 Å². The molecule has 0 aliphatic carbocycles. The number of nitrogens with zero attached hydrogens (tertiary/aromatic N) is 1. The molecule has 162 valence electrons. The Hall–Kier alpha value is -2.59. The molecule has 2 aromatic rings. The summed E-state index contributed by atoms with van der Waals surface area (Å²) in [6.45, 7) is 3.81. The molecule has 31 heavy (non-hydrogen) atoms. The minimum atomic E-state index is -0.565. The maximum Gasteiger partial charge on any atom is 0.363 e. The Labute approximate surface area is 198 Å². The summed E-state index contributed by atoms with van der Waals surface area (Å²) < 4.78 is 22.3. The number of hydrogen-bond donors (Lipinski definition) is 0. The number of cyclic esters (lactones) is 1. The van der Waals surface area contributed by atoms with Crippen LogP contribution in [-0.4, -0.2) is 37.7 Å². The number of rotatable bonds is 8. The highest BCUT2D eigenvalue weighted by Crippen LogP contribution is 2.37. The van der Waals surface area contributed by atoms with Gasteiger partial charge < -0.3 is 18.9 Å². The minimum absolute atomic E-state index is 0.132. The maximum absolute atomic E-state index is 12.3. The second-order valence-electron chi connectivity index (χ2n) is 6.20. The molecule has 0 aromatic heterocycles. The molecule has 1 heterocycles. The molecule has 0 atom stereocenters. The zero-order chi connectivity index (χ0) is 22.4. The van der Waals surface area contributed by atoms with Gasteiger partial charge in [0.1, 0.15) is 0 Å². The van der Waals surface area contributed by atoms with Gasteiger partial charge in [0.25, 0.3) is 0 Å². The van der Waals surface area contributed by atoms with Gasteiger partial charge in [0, 0.05) is 9.13 Å². The largest absolute Gasteiger partial charge is 0.490 e. The van der Waals surface area contributed by atoms with Crippen molar-refractivity contribution in [3.63, 3.8) is 0 Å². The van der Waals surface area contributed by atoms with Crippen molar-refractivity contribution in [2.75, 3.05) is 19.8 Å². The van der Waals surface area contributed by atoms with E-state index in [1.165, 1.54) is 0 Å². The topological polar surface area (TPSA) is 83.4 Å². The summed E-state index contributed by atoms with van der Waals surface area (Å²) in [7, 11) is 0. The Kier molecular flexibility index (Phi) is 7.91. The van der Waals surface area contributed by atoms with E-state index < -0.39 is 11.9 Å². The van der Waals surface area contributed by atoms with Crippen molar-refractivity contribution in [2.24, 2.45) is 4.99 Å². The molecule has 0 bridgehead atoms. The van der Waals surface area contributed by atoms with Crippen LogP contribution in [0.3, 0.4) is 0 Å². The molecule has 1 aliphatic heterocycles. The average molecular weight is 556 g/mol. The highest BCUT2D eigenvalue weighted by Gasteiger charge is 2.24. The predicted molar refractivity (Wildman–Crippen MR) is 125 cm³/mol. The number of esters is 2. The standard InChI is InChI=1S/C22H19ClINO6/c1-3-28-18-11-13(9-16(23)20(18)30-12-19(26)29-4-2)10-17-22(27)31-21(25-17)14-5-7-15(24)8-6-14/h5-11H,3-4,12H2,1-2H3/b17-10-. The van der Waals surface area contributed by atoms with Crippen LogP contribution in [-0.2, 0) is 19.1 Å². The normalized spacial score (nSPS) is 14.3. The van der Waals surface area contributed by atoms with Crippen LogP contribution in [0.1, 0.15) is 25.0 Å². The highest BCUT2D eigenvalue weighted by atomic mass is 127. The number of carbonyl (C=O) groups is 2. The first-order chi connectivity index (χ1) is 14.9. The van der Waals surface area contributed by atoms with Crippen LogP contribution >= 0.6 is 34.2 Å². The van der Waals surface area contributed by atoms with Crippen molar-refractivity contribution in [1.82, 2.24) is 0 Å². The van der Waals surface area contributed by atoms with Gasteiger partial charge in [-0.25, -0.2) is 14.6 Å². The summed E-state index contributed by atoms with van der Waals surface area (Å²) in [6.07, 6.45) is 1.55. The number of carbonyl (C=O) groups excluding carboxylic acids is 2. The van der Waals surface area contributed by atoms with Crippen LogP contribution in [0.4, 0.5) is 0 Å². The van der Waals surface area contributed by atoms with E-state index >= 15 is 0 Å². The van der Waals surface area contributed by atoms with Gasteiger partial charge in [-0.3, -0.25) is 0 Å². The monoisotopic (exact) mass is 555 g/mol. The van der Waals surface area contributed by atoms with Crippen molar-refractivity contribution >= 4 is 58.1 Å². The van der Waals surface area contributed by atoms with E-state index in [0.29, 0.717) is 23.5 Å². The zero-order valence-electron chi connectivity index (χ0n) is 16.8. The van der Waals surface area contributed by atoms with Crippen molar-refractivity contribution < 1.29 is 28.5 Å². The minimum Gasteiger partial charge on any atom is -0.490 e. The van der Waals surface area contributed by atoms with E-state index in [1.807, 2.05) is 24.3 Å². The average Bonchev–Trinajstić information content (AvgIpc) is 3.08. The summed E-state index contributed by atoms with van der Waals surface area (Å²) in [6, 6.07) is 10.7. The Morgan fingerprint density at radius 1 is 1.16 bits per heavy atom. The number of benzene rings is 2. The smallest absolute Gasteiger partial charge is 0.363 e. The van der Waals surface area contributed by atoms with E-state index in [2.05, 4.69) is 27.6 Å². The van der Waals surface area contributed by atoms with Crippen molar-refractivity contribution in [3.05, 3.63) is 61.8 Å². The Bertz CT molecular complexity index is 1050. The fourth-order valence-corrected chi connectivity index (χ4v) is 3.32. The van der Waals surface area contributed by atoms with Gasteiger partial charge in [-0.1, -0.05) is 11.6 Å². The van der Waals surface area contributed by atoms with E-state index in [1.54, 1.807) is 32.1 Å². The van der Waals surface area contributed by atoms with E-state index in [0.717, 1.165) is 3.57 Å². The van der Waals surface area contributed by atoms with Crippen LogP contribution in [0.15, 0.2) is 47.1 Å². The second kappa shape index (κ2) is 10.6. The lowest BCUT2D eigenvalue weighted by Gasteiger charge is -2.14. The van der Waals surface area contributed by atoms with Crippen molar-refractivity contribution in [1.29, 1.82) is 0 Å². The lowest BCUT2D eigenvalue weighted by molar-refractivity contribution is -0.145. The molecule has 0 radical (unpaired) electrons. The third kappa shape index (κ3) is 5.98. The Balaban J connectivity index is 1.88. The Morgan fingerprint density at radius 2 is 1.90 bits per heavy atom. The van der Waals surface area contributed by atoms with Gasteiger partial charge in [0.2, 0.25) is 5.90 Å². The molecule has 0 saturated heterocycles. The molecule has 0 unspecified atom stereocenters. The van der Waals surface area contributed by atoms with Crippen LogP contribution < -0.4 is 9.47 Å². The molecule has 0 spiro atoms. The SMILES string of the molecule is CCOC(=O)COc1c(Cl)cc(/C=C2\N=C(c3ccc(I)cc3)OC2=O)cc1OCC. The second-order valence-corrected chi connectivity index (χ2v) is 7.85. The van der Waals surface area contributed by atoms with Gasteiger partial charge in [0.05, 0.1) is 18.2 Å². The summed E-state index contributed by atoms with van der Waals surface area (Å²) in [5.41, 5.74) is 1.40. The quantitative estimate of drug-likeness (QED) is 0.268. The lowest BCUT2D eigenvalue weighted by Crippen LogP contribution is -2.15. The number of aliphatic imine (C=N–C) groups is 1. The third-order valence-corrected chi connectivity index (χ3v) is 4.99. The first-order valence-electron chi connectivity index (χ1n) is 9.44. The number of ether oxygens (including phenoxy) is 4. The van der Waals surface area contributed by atoms with Gasteiger partial charge in [0.15, 0.2) is 23.8 Å². The molecule has 9 heteroatoms. The van der Waals surface area contributed by atoms with Crippen LogP contribution in [0, 0.1) is 3.57 Å². The Morgan fingerprint density at radius 3 is 2.58 bits per heavy atom. The summed E-state index contributed by atoms with van der Waals surface area (Å²) in [5.74, 6) is -0.294. The zero-order valence-corrected chi connectivity index (χ0v) is 19.7. The van der Waals surface area contributed by atoms with E-state index in [9.17, 15) is 9.59 Å². The summed E-state index contributed by atoms with van der Waals surface area (Å²) >= 11 is 8.55. The fraction of sp³-hybridized carbons (Fsp3) is 0.227. The van der Waals surface area contributed by atoms with Gasteiger partial charge in [-0.2, -0.15) is 0 Å². The van der Waals surface area contributed by atoms with Crippen LogP contribution in [0.25, 0.3) is 6.08 Å². The molecule has 0 amide bonds. The summed E-state index contributed by atoms with van der Waals surface area (Å²) in [5, 5.41) is 0.218. The van der Waals surface area contributed by atoms with Crippen LogP contribution in [0.5, 0.6) is 11.5 Å². The van der Waals surface area contributed by atoms with E-state index in [4.69, 9.17) is 30.5 Å². The number of halogens is 2. The summed E-state index contributed by atoms with van der Waals surface area (Å²) in [4.78, 5) is 28.2. The first-order valence-corrected chi connectivity index (χ1v) is 10.9. The molecule has 0 fully saturated rings. The predicted octanol–water partition coefficient (Wildman–Crippen LogP) is 4.63.